The van der Waals surface area contributed by atoms with E-state index in [-0.39, 0.29) is 54.9 Å². The molecule has 0 bridgehead atoms. The molecule has 3 atom stereocenters. The van der Waals surface area contributed by atoms with Gasteiger partial charge < -0.3 is 21.7 Å². The zero-order valence-corrected chi connectivity index (χ0v) is 20.4. The third-order valence-electron chi connectivity index (χ3n) is 5.62. The molecule has 0 unspecified atom stereocenters. The van der Waals surface area contributed by atoms with Crippen LogP contribution in [0.5, 0.6) is 0 Å². The molecule has 0 saturated carbocycles. The molecule has 35 heavy (non-hydrogen) atoms. The van der Waals surface area contributed by atoms with Crippen molar-refractivity contribution in [3.05, 3.63) is 70.8 Å². The highest BCUT2D eigenvalue weighted by Gasteiger charge is 2.34. The molecule has 1 heterocycles. The quantitative estimate of drug-likeness (QED) is 0.277. The number of hydrogen-bond acceptors (Lipinski definition) is 4. The number of nitrogen functional groups attached to an aromatic ring is 1. The Hall–Kier alpha value is -2.82. The molecule has 6 N–H and O–H groups in total. The van der Waals surface area contributed by atoms with Gasteiger partial charge in [-0.25, -0.2) is 0 Å². The Morgan fingerprint density at radius 2 is 1.83 bits per heavy atom. The summed E-state index contributed by atoms with van der Waals surface area (Å²) < 4.78 is 38.9. The monoisotopic (exact) mass is 533 g/mol. The van der Waals surface area contributed by atoms with E-state index in [1.54, 1.807) is 37.3 Å². The molecule has 0 aliphatic carbocycles. The summed E-state index contributed by atoms with van der Waals surface area (Å²) in [6.07, 6.45) is -4.08. The number of benzene rings is 2. The van der Waals surface area contributed by atoms with Crippen molar-refractivity contribution in [2.45, 2.75) is 44.1 Å². The van der Waals surface area contributed by atoms with E-state index >= 15 is 0 Å². The van der Waals surface area contributed by atoms with Gasteiger partial charge in [0, 0.05) is 18.7 Å². The molecule has 1 fully saturated rings. The first-order valence-corrected chi connectivity index (χ1v) is 10.5. The fourth-order valence-corrected chi connectivity index (χ4v) is 3.68. The van der Waals surface area contributed by atoms with Crippen LogP contribution in [0.25, 0.3) is 0 Å². The third-order valence-corrected chi connectivity index (χ3v) is 5.62. The minimum Gasteiger partial charge on any atom is -0.384 e. The van der Waals surface area contributed by atoms with Gasteiger partial charge in [0.25, 0.3) is 0 Å². The lowest BCUT2D eigenvalue weighted by Gasteiger charge is -2.17. The standard InChI is InChI=1S/C23H26F3N5O2.2ClH/c1-13(21(32)30-11-14-5-7-15(8-6-14)20(27)28)31-22(33)19-10-17(12-29-19)16-3-2-4-18(9-16)23(24,25)26;;/h2-9,13,17,19,29H,10-12H2,1H3,(H3,27,28)(H,30,32)(H,31,33);2*1H/t13-,17+,19+;;/m0../s1. The van der Waals surface area contributed by atoms with Crippen LogP contribution in [-0.4, -0.2) is 36.3 Å². The first kappa shape index (κ1) is 30.2. The second-order valence-corrected chi connectivity index (χ2v) is 8.08. The Balaban J connectivity index is 0.00000306. The van der Waals surface area contributed by atoms with Gasteiger partial charge in [0.05, 0.1) is 11.6 Å². The molecule has 0 aromatic heterocycles. The average molecular weight is 534 g/mol. The van der Waals surface area contributed by atoms with Crippen LogP contribution in [0.1, 0.15) is 41.5 Å². The molecular formula is C23H28Cl2F3N5O2. The summed E-state index contributed by atoms with van der Waals surface area (Å²) in [5.74, 6) is -1.02. The fraction of sp³-hybridized carbons (Fsp3) is 0.348. The molecular weight excluding hydrogens is 506 g/mol. The van der Waals surface area contributed by atoms with Gasteiger partial charge in [-0.3, -0.25) is 15.0 Å². The minimum atomic E-state index is -4.42. The van der Waals surface area contributed by atoms with Gasteiger partial charge in [-0.1, -0.05) is 42.5 Å². The number of alkyl halides is 3. The van der Waals surface area contributed by atoms with Crippen LogP contribution in [0.4, 0.5) is 13.2 Å². The topological polar surface area (TPSA) is 120 Å². The number of amides is 2. The molecule has 0 spiro atoms. The Kier molecular flexibility index (Phi) is 11.0. The van der Waals surface area contributed by atoms with Crippen molar-refractivity contribution in [1.29, 1.82) is 5.41 Å². The number of nitrogens with one attached hydrogen (secondary N) is 4. The molecule has 1 aliphatic rings. The first-order chi connectivity index (χ1) is 15.5. The van der Waals surface area contributed by atoms with Gasteiger partial charge in [0.2, 0.25) is 11.8 Å². The van der Waals surface area contributed by atoms with Crippen molar-refractivity contribution in [3.8, 4) is 0 Å². The van der Waals surface area contributed by atoms with Crippen LogP contribution >= 0.6 is 24.8 Å². The van der Waals surface area contributed by atoms with Crippen molar-refractivity contribution in [2.75, 3.05) is 6.54 Å². The van der Waals surface area contributed by atoms with Crippen LogP contribution in [0.15, 0.2) is 48.5 Å². The summed E-state index contributed by atoms with van der Waals surface area (Å²) in [4.78, 5) is 24.9. The Bertz CT molecular complexity index is 1030. The zero-order chi connectivity index (χ0) is 24.2. The molecule has 192 valence electrons. The summed E-state index contributed by atoms with van der Waals surface area (Å²) in [7, 11) is 0. The molecule has 3 rings (SSSR count). The Morgan fingerprint density at radius 1 is 1.17 bits per heavy atom. The summed E-state index contributed by atoms with van der Waals surface area (Å²) >= 11 is 0. The van der Waals surface area contributed by atoms with Gasteiger partial charge in [0.15, 0.2) is 0 Å². The van der Waals surface area contributed by atoms with Crippen LogP contribution in [0.2, 0.25) is 0 Å². The van der Waals surface area contributed by atoms with Gasteiger partial charge in [-0.15, -0.1) is 24.8 Å². The number of carbonyl (C=O) groups excluding carboxylic acids is 2. The molecule has 12 heteroatoms. The van der Waals surface area contributed by atoms with Gasteiger partial charge in [-0.2, -0.15) is 13.2 Å². The predicted molar refractivity (Wildman–Crippen MR) is 132 cm³/mol. The number of nitrogens with two attached hydrogens (primary N) is 1. The summed E-state index contributed by atoms with van der Waals surface area (Å²) in [6.45, 7) is 2.18. The Labute approximate surface area is 213 Å². The van der Waals surface area contributed by atoms with Gasteiger partial charge in [0.1, 0.15) is 11.9 Å². The average Bonchev–Trinajstić information content (AvgIpc) is 3.28. The molecule has 7 nitrogen and oxygen atoms in total. The van der Waals surface area contributed by atoms with Crippen LogP contribution in [0, 0.1) is 5.41 Å². The van der Waals surface area contributed by atoms with Crippen molar-refractivity contribution in [2.24, 2.45) is 5.73 Å². The number of rotatable bonds is 7. The molecule has 0 radical (unpaired) electrons. The zero-order valence-electron chi connectivity index (χ0n) is 18.8. The SMILES string of the molecule is C[C@H](NC(=O)[C@H]1C[C@@H](c2cccc(C(F)(F)F)c2)CN1)C(=O)NCc1ccc(C(=N)N)cc1.Cl.Cl. The minimum absolute atomic E-state index is 0. The van der Waals surface area contributed by atoms with E-state index in [1.807, 2.05) is 0 Å². The third kappa shape index (κ3) is 8.12. The maximum Gasteiger partial charge on any atom is 0.416 e. The maximum absolute atomic E-state index is 13.0. The Morgan fingerprint density at radius 3 is 2.43 bits per heavy atom. The largest absolute Gasteiger partial charge is 0.416 e. The van der Waals surface area contributed by atoms with Crippen molar-refractivity contribution >= 4 is 42.5 Å². The van der Waals surface area contributed by atoms with Crippen molar-refractivity contribution in [1.82, 2.24) is 16.0 Å². The number of amidine groups is 1. The fourth-order valence-electron chi connectivity index (χ4n) is 3.68. The van der Waals surface area contributed by atoms with Crippen LogP contribution in [-0.2, 0) is 22.3 Å². The molecule has 2 aromatic rings. The van der Waals surface area contributed by atoms with Crippen molar-refractivity contribution in [3.63, 3.8) is 0 Å². The highest BCUT2D eigenvalue weighted by Crippen LogP contribution is 2.33. The molecule has 2 amide bonds. The lowest BCUT2D eigenvalue weighted by atomic mass is 9.94. The van der Waals surface area contributed by atoms with E-state index in [0.29, 0.717) is 24.1 Å². The van der Waals surface area contributed by atoms with Gasteiger partial charge in [-0.05, 0) is 36.5 Å². The van der Waals surface area contributed by atoms with Crippen LogP contribution in [0.3, 0.4) is 0 Å². The van der Waals surface area contributed by atoms with E-state index in [0.717, 1.165) is 17.7 Å². The van der Waals surface area contributed by atoms with Crippen molar-refractivity contribution < 1.29 is 22.8 Å². The molecule has 1 saturated heterocycles. The summed E-state index contributed by atoms with van der Waals surface area (Å²) in [6, 6.07) is 10.6. The maximum atomic E-state index is 13.0. The highest BCUT2D eigenvalue weighted by molar-refractivity contribution is 5.95. The van der Waals surface area contributed by atoms with E-state index in [1.165, 1.54) is 6.07 Å². The lowest BCUT2D eigenvalue weighted by molar-refractivity contribution is -0.137. The van der Waals surface area contributed by atoms with E-state index in [4.69, 9.17) is 11.1 Å². The van der Waals surface area contributed by atoms with E-state index in [2.05, 4.69) is 16.0 Å². The normalized spacial score (nSPS) is 17.9. The predicted octanol–water partition coefficient (Wildman–Crippen LogP) is 3.10. The van der Waals surface area contributed by atoms with Crippen LogP contribution < -0.4 is 21.7 Å². The van der Waals surface area contributed by atoms with E-state index in [9.17, 15) is 22.8 Å². The van der Waals surface area contributed by atoms with Gasteiger partial charge >= 0.3 is 6.18 Å². The number of carbonyl (C=O) groups is 2. The molecule has 2 aromatic carbocycles. The summed E-state index contributed by atoms with van der Waals surface area (Å²) in [5, 5.41) is 15.8. The second-order valence-electron chi connectivity index (χ2n) is 8.08. The first-order valence-electron chi connectivity index (χ1n) is 10.5. The summed E-state index contributed by atoms with van der Waals surface area (Å²) in [5.41, 5.74) is 6.62. The van der Waals surface area contributed by atoms with E-state index < -0.39 is 23.8 Å². The number of halogens is 5. The lowest BCUT2D eigenvalue weighted by Crippen LogP contribution is -2.49. The second kappa shape index (κ2) is 12.8. The smallest absolute Gasteiger partial charge is 0.384 e. The molecule has 1 aliphatic heterocycles. The highest BCUT2D eigenvalue weighted by atomic mass is 35.5. The number of hydrogen-bond donors (Lipinski definition) is 5.